The van der Waals surface area contributed by atoms with Crippen LogP contribution < -0.4 is 0 Å². The highest BCUT2D eigenvalue weighted by molar-refractivity contribution is 6.83. The zero-order chi connectivity index (χ0) is 15.2. The SMILES string of the molecule is C/C=C(\C)C(O)/C=C(\CC)[Si](C)(C)Cc1ccccc1. The largest absolute Gasteiger partial charge is 0.385 e. The first-order chi connectivity index (χ1) is 9.40. The van der Waals surface area contributed by atoms with Crippen molar-refractivity contribution in [1.82, 2.24) is 0 Å². The van der Waals surface area contributed by atoms with Gasteiger partial charge in [0, 0.05) is 0 Å². The molecule has 1 aromatic carbocycles. The second-order valence-electron chi connectivity index (χ2n) is 6.07. The fourth-order valence-electron chi connectivity index (χ4n) is 2.53. The third-order valence-corrected chi connectivity index (χ3v) is 7.57. The standard InChI is InChI=1S/C18H28OSi/c1-6-15(3)18(19)13-17(7-2)20(4,5)14-16-11-9-8-10-12-16/h6,8-13,18-19H,7,14H2,1-5H3/b15-6+,17-13+. The lowest BCUT2D eigenvalue weighted by atomic mass is 10.1. The summed E-state index contributed by atoms with van der Waals surface area (Å²) in [5.41, 5.74) is 2.43. The zero-order valence-electron chi connectivity index (χ0n) is 13.5. The molecule has 0 aliphatic rings. The van der Waals surface area contributed by atoms with Crippen molar-refractivity contribution in [1.29, 1.82) is 0 Å². The van der Waals surface area contributed by atoms with Crippen LogP contribution in [0.4, 0.5) is 0 Å². The molecule has 0 aromatic heterocycles. The topological polar surface area (TPSA) is 20.2 Å². The minimum atomic E-state index is -1.52. The molecule has 0 saturated heterocycles. The summed E-state index contributed by atoms with van der Waals surface area (Å²) in [6.45, 7) is 11.0. The fraction of sp³-hybridized carbons (Fsp3) is 0.444. The molecule has 1 atom stereocenters. The smallest absolute Gasteiger partial charge is 0.0927 e. The van der Waals surface area contributed by atoms with Crippen LogP contribution in [0, 0.1) is 0 Å². The summed E-state index contributed by atoms with van der Waals surface area (Å²) in [6, 6.07) is 11.8. The second-order valence-corrected chi connectivity index (χ2v) is 10.8. The van der Waals surface area contributed by atoms with Gasteiger partial charge in [0.1, 0.15) is 0 Å². The molecule has 1 unspecified atom stereocenters. The van der Waals surface area contributed by atoms with Gasteiger partial charge in [-0.2, -0.15) is 0 Å². The van der Waals surface area contributed by atoms with Crippen LogP contribution in [-0.4, -0.2) is 19.3 Å². The van der Waals surface area contributed by atoms with Gasteiger partial charge in [-0.05, 0) is 31.9 Å². The Morgan fingerprint density at radius 3 is 2.35 bits per heavy atom. The van der Waals surface area contributed by atoms with E-state index >= 15 is 0 Å². The zero-order valence-corrected chi connectivity index (χ0v) is 14.5. The van der Waals surface area contributed by atoms with E-state index in [4.69, 9.17) is 0 Å². The summed E-state index contributed by atoms with van der Waals surface area (Å²) in [7, 11) is -1.52. The van der Waals surface area contributed by atoms with Crippen LogP contribution in [0.15, 0.2) is 53.3 Å². The summed E-state index contributed by atoms with van der Waals surface area (Å²) in [6.07, 6.45) is 4.67. The Morgan fingerprint density at radius 1 is 1.25 bits per heavy atom. The lowest BCUT2D eigenvalue weighted by molar-refractivity contribution is 0.258. The van der Waals surface area contributed by atoms with Gasteiger partial charge in [-0.25, -0.2) is 0 Å². The maximum atomic E-state index is 10.2. The van der Waals surface area contributed by atoms with Gasteiger partial charge in [0.05, 0.1) is 14.2 Å². The minimum absolute atomic E-state index is 0.433. The first-order valence-electron chi connectivity index (χ1n) is 7.46. The average Bonchev–Trinajstić information content (AvgIpc) is 2.43. The Labute approximate surface area is 125 Å². The van der Waals surface area contributed by atoms with Crippen molar-refractivity contribution in [2.45, 2.75) is 52.4 Å². The fourth-order valence-corrected chi connectivity index (χ4v) is 5.58. The molecule has 110 valence electrons. The molecule has 0 aliphatic heterocycles. The normalized spacial score (nSPS) is 15.3. The quantitative estimate of drug-likeness (QED) is 0.595. The van der Waals surface area contributed by atoms with E-state index in [-0.39, 0.29) is 0 Å². The monoisotopic (exact) mass is 288 g/mol. The number of hydrogen-bond acceptors (Lipinski definition) is 1. The predicted molar refractivity (Wildman–Crippen MR) is 91.4 cm³/mol. The first kappa shape index (κ1) is 16.9. The van der Waals surface area contributed by atoms with Crippen LogP contribution >= 0.6 is 0 Å². The number of benzene rings is 1. The molecular formula is C18H28OSi. The molecule has 0 radical (unpaired) electrons. The molecule has 2 heteroatoms. The Bertz CT molecular complexity index is 471. The average molecular weight is 289 g/mol. The Morgan fingerprint density at radius 2 is 1.85 bits per heavy atom. The molecule has 1 nitrogen and oxygen atoms in total. The van der Waals surface area contributed by atoms with E-state index in [2.05, 4.69) is 56.4 Å². The molecule has 0 saturated carbocycles. The minimum Gasteiger partial charge on any atom is -0.385 e. The molecule has 1 rings (SSSR count). The third kappa shape index (κ3) is 4.77. The van der Waals surface area contributed by atoms with Crippen LogP contribution in [-0.2, 0) is 6.04 Å². The number of rotatable bonds is 6. The molecule has 0 bridgehead atoms. The molecule has 0 fully saturated rings. The molecule has 0 amide bonds. The van der Waals surface area contributed by atoms with Crippen LogP contribution in [0.2, 0.25) is 13.1 Å². The lowest BCUT2D eigenvalue weighted by Gasteiger charge is -2.27. The lowest BCUT2D eigenvalue weighted by Crippen LogP contribution is -2.33. The van der Waals surface area contributed by atoms with Crippen molar-refractivity contribution in [3.05, 3.63) is 58.8 Å². The van der Waals surface area contributed by atoms with Gasteiger partial charge in [-0.3, -0.25) is 0 Å². The number of allylic oxidation sites excluding steroid dienone is 2. The van der Waals surface area contributed by atoms with E-state index < -0.39 is 14.2 Å². The van der Waals surface area contributed by atoms with E-state index in [1.165, 1.54) is 10.8 Å². The molecule has 20 heavy (non-hydrogen) atoms. The summed E-state index contributed by atoms with van der Waals surface area (Å²) >= 11 is 0. The van der Waals surface area contributed by atoms with Gasteiger partial charge < -0.3 is 5.11 Å². The van der Waals surface area contributed by atoms with Crippen molar-refractivity contribution in [3.63, 3.8) is 0 Å². The molecule has 0 aliphatic carbocycles. The van der Waals surface area contributed by atoms with E-state index in [1.54, 1.807) is 0 Å². The van der Waals surface area contributed by atoms with Gasteiger partial charge in [0.25, 0.3) is 0 Å². The molecule has 1 N–H and O–H groups in total. The third-order valence-electron chi connectivity index (χ3n) is 4.02. The van der Waals surface area contributed by atoms with Crippen molar-refractivity contribution in [2.24, 2.45) is 0 Å². The maximum Gasteiger partial charge on any atom is 0.0927 e. The van der Waals surface area contributed by atoms with Crippen LogP contribution in [0.5, 0.6) is 0 Å². The number of aliphatic hydroxyl groups excluding tert-OH is 1. The predicted octanol–water partition coefficient (Wildman–Crippen LogP) is 4.68. The maximum absolute atomic E-state index is 10.2. The number of hydrogen-bond donors (Lipinski definition) is 1. The van der Waals surface area contributed by atoms with E-state index in [1.807, 2.05) is 19.9 Å². The summed E-state index contributed by atoms with van der Waals surface area (Å²) in [5.74, 6) is 0. The van der Waals surface area contributed by atoms with E-state index in [9.17, 15) is 5.11 Å². The van der Waals surface area contributed by atoms with Gasteiger partial charge in [0.15, 0.2) is 0 Å². The Kier molecular flexibility index (Phi) is 6.44. The van der Waals surface area contributed by atoms with Crippen molar-refractivity contribution < 1.29 is 5.11 Å². The van der Waals surface area contributed by atoms with Gasteiger partial charge in [-0.15, -0.1) is 0 Å². The summed E-state index contributed by atoms with van der Waals surface area (Å²) in [5, 5.41) is 11.7. The van der Waals surface area contributed by atoms with Gasteiger partial charge in [0.2, 0.25) is 0 Å². The van der Waals surface area contributed by atoms with Gasteiger partial charge >= 0.3 is 0 Å². The highest BCUT2D eigenvalue weighted by atomic mass is 28.3. The molecular weight excluding hydrogens is 260 g/mol. The summed E-state index contributed by atoms with van der Waals surface area (Å²) < 4.78 is 0. The van der Waals surface area contributed by atoms with Crippen molar-refractivity contribution in [2.75, 3.05) is 0 Å². The Hall–Kier alpha value is -1.12. The Balaban J connectivity index is 2.95. The van der Waals surface area contributed by atoms with Crippen LogP contribution in [0.25, 0.3) is 0 Å². The molecule has 0 heterocycles. The molecule has 0 spiro atoms. The number of aliphatic hydroxyl groups is 1. The van der Waals surface area contributed by atoms with Crippen LogP contribution in [0.1, 0.15) is 32.8 Å². The highest BCUT2D eigenvalue weighted by Gasteiger charge is 2.25. The summed E-state index contributed by atoms with van der Waals surface area (Å²) in [4.78, 5) is 0. The highest BCUT2D eigenvalue weighted by Crippen LogP contribution is 2.24. The van der Waals surface area contributed by atoms with E-state index in [0.717, 1.165) is 18.0 Å². The first-order valence-corrected chi connectivity index (χ1v) is 10.7. The second kappa shape index (κ2) is 7.60. The van der Waals surface area contributed by atoms with Gasteiger partial charge in [-0.1, -0.05) is 73.3 Å². The molecule has 1 aromatic rings. The van der Waals surface area contributed by atoms with E-state index in [0.29, 0.717) is 0 Å². The van der Waals surface area contributed by atoms with Crippen LogP contribution in [0.3, 0.4) is 0 Å². The van der Waals surface area contributed by atoms with Crippen molar-refractivity contribution in [3.8, 4) is 0 Å². The van der Waals surface area contributed by atoms with Crippen molar-refractivity contribution >= 4 is 8.07 Å².